The minimum absolute atomic E-state index is 0.0374. The standard InChI is InChI=1S/C13H18FN3O2/c1-9(15)10-4-3-7-16(8-10)12-6-2-5-11(14)13(12)17(18)19/h2,5-6,9-10H,3-4,7-8,15H2,1H3. The fraction of sp³-hybridized carbons (Fsp3) is 0.538. The number of para-hydroxylation sites is 1. The molecule has 2 N–H and O–H groups in total. The van der Waals surface area contributed by atoms with Crippen molar-refractivity contribution in [3.8, 4) is 0 Å². The zero-order valence-corrected chi connectivity index (χ0v) is 10.9. The van der Waals surface area contributed by atoms with E-state index in [9.17, 15) is 14.5 Å². The molecule has 2 rings (SSSR count). The summed E-state index contributed by atoms with van der Waals surface area (Å²) in [5.41, 5.74) is 5.82. The molecule has 0 saturated carbocycles. The van der Waals surface area contributed by atoms with Crippen molar-refractivity contribution >= 4 is 11.4 Å². The van der Waals surface area contributed by atoms with Crippen molar-refractivity contribution in [1.29, 1.82) is 0 Å². The topological polar surface area (TPSA) is 72.4 Å². The van der Waals surface area contributed by atoms with Gasteiger partial charge in [-0.2, -0.15) is 4.39 Å². The summed E-state index contributed by atoms with van der Waals surface area (Å²) in [5.74, 6) is -0.498. The number of nitro benzene ring substituents is 1. The van der Waals surface area contributed by atoms with Gasteiger partial charge in [0.15, 0.2) is 0 Å². The zero-order chi connectivity index (χ0) is 14.0. The van der Waals surface area contributed by atoms with Gasteiger partial charge in [-0.25, -0.2) is 0 Å². The Bertz CT molecular complexity index is 479. The number of hydrogen-bond donors (Lipinski definition) is 1. The Kier molecular flexibility index (Phi) is 3.99. The highest BCUT2D eigenvalue weighted by Gasteiger charge is 2.29. The number of anilines is 1. The van der Waals surface area contributed by atoms with Crippen molar-refractivity contribution in [2.75, 3.05) is 18.0 Å². The molecule has 1 saturated heterocycles. The van der Waals surface area contributed by atoms with Crippen molar-refractivity contribution in [3.05, 3.63) is 34.1 Å². The fourth-order valence-electron chi connectivity index (χ4n) is 2.60. The molecule has 0 aromatic heterocycles. The molecule has 5 nitrogen and oxygen atoms in total. The first-order chi connectivity index (χ1) is 9.00. The number of nitrogens with zero attached hydrogens (tertiary/aromatic N) is 2. The lowest BCUT2D eigenvalue weighted by Gasteiger charge is -2.35. The van der Waals surface area contributed by atoms with E-state index in [2.05, 4.69) is 0 Å². The second kappa shape index (κ2) is 5.52. The molecule has 0 bridgehead atoms. The number of halogens is 1. The van der Waals surface area contributed by atoms with Gasteiger partial charge in [0.25, 0.3) is 0 Å². The quantitative estimate of drug-likeness (QED) is 0.673. The van der Waals surface area contributed by atoms with Crippen LogP contribution >= 0.6 is 0 Å². The Labute approximate surface area is 111 Å². The summed E-state index contributed by atoms with van der Waals surface area (Å²) >= 11 is 0. The molecule has 1 heterocycles. The lowest BCUT2D eigenvalue weighted by atomic mass is 9.92. The van der Waals surface area contributed by atoms with Crippen molar-refractivity contribution in [2.45, 2.75) is 25.8 Å². The summed E-state index contributed by atoms with van der Waals surface area (Å²) in [6, 6.07) is 4.27. The van der Waals surface area contributed by atoms with Crippen molar-refractivity contribution in [2.24, 2.45) is 11.7 Å². The van der Waals surface area contributed by atoms with E-state index >= 15 is 0 Å². The number of piperidine rings is 1. The molecule has 0 spiro atoms. The van der Waals surface area contributed by atoms with Gasteiger partial charge in [-0.3, -0.25) is 10.1 Å². The summed E-state index contributed by atoms with van der Waals surface area (Å²) < 4.78 is 13.6. The second-order valence-electron chi connectivity index (χ2n) is 5.07. The lowest BCUT2D eigenvalue weighted by Crippen LogP contribution is -2.42. The largest absolute Gasteiger partial charge is 0.366 e. The van der Waals surface area contributed by atoms with Gasteiger partial charge in [-0.15, -0.1) is 0 Å². The van der Waals surface area contributed by atoms with Gasteiger partial charge >= 0.3 is 5.69 Å². The van der Waals surface area contributed by atoms with Crippen LogP contribution in [-0.4, -0.2) is 24.1 Å². The van der Waals surface area contributed by atoms with Crippen LogP contribution in [0.25, 0.3) is 0 Å². The molecule has 2 unspecified atom stereocenters. The van der Waals surface area contributed by atoms with E-state index in [1.54, 1.807) is 6.07 Å². The maximum atomic E-state index is 13.6. The van der Waals surface area contributed by atoms with E-state index < -0.39 is 16.4 Å². The van der Waals surface area contributed by atoms with Crippen LogP contribution in [-0.2, 0) is 0 Å². The maximum Gasteiger partial charge on any atom is 0.327 e. The van der Waals surface area contributed by atoms with Crippen LogP contribution in [0.2, 0.25) is 0 Å². The van der Waals surface area contributed by atoms with Crippen molar-refractivity contribution in [1.82, 2.24) is 0 Å². The highest BCUT2D eigenvalue weighted by atomic mass is 19.1. The van der Waals surface area contributed by atoms with Gasteiger partial charge < -0.3 is 10.6 Å². The molecule has 1 aromatic rings. The first-order valence-corrected chi connectivity index (χ1v) is 6.44. The van der Waals surface area contributed by atoms with Crippen LogP contribution in [0.5, 0.6) is 0 Å². The van der Waals surface area contributed by atoms with E-state index in [-0.39, 0.29) is 12.0 Å². The zero-order valence-electron chi connectivity index (χ0n) is 10.9. The Morgan fingerprint density at radius 3 is 2.95 bits per heavy atom. The van der Waals surface area contributed by atoms with Gasteiger partial charge in [-0.05, 0) is 37.8 Å². The fourth-order valence-corrected chi connectivity index (χ4v) is 2.60. The Morgan fingerprint density at radius 2 is 2.32 bits per heavy atom. The predicted octanol–water partition coefficient (Wildman–Crippen LogP) is 2.30. The minimum Gasteiger partial charge on any atom is -0.366 e. The van der Waals surface area contributed by atoms with Gasteiger partial charge in [0.2, 0.25) is 5.82 Å². The van der Waals surface area contributed by atoms with E-state index in [1.165, 1.54) is 6.07 Å². The maximum absolute atomic E-state index is 13.6. The normalized spacial score (nSPS) is 21.2. The third kappa shape index (κ3) is 2.84. The smallest absolute Gasteiger partial charge is 0.327 e. The number of benzene rings is 1. The summed E-state index contributed by atoms with van der Waals surface area (Å²) in [7, 11) is 0. The summed E-state index contributed by atoms with van der Waals surface area (Å²) in [4.78, 5) is 12.2. The molecule has 1 aliphatic rings. The van der Waals surface area contributed by atoms with Crippen molar-refractivity contribution < 1.29 is 9.31 Å². The van der Waals surface area contributed by atoms with Gasteiger partial charge in [0.05, 0.1) is 4.92 Å². The second-order valence-corrected chi connectivity index (χ2v) is 5.07. The third-order valence-electron chi connectivity index (χ3n) is 3.69. The average Bonchev–Trinajstić information content (AvgIpc) is 2.38. The molecule has 1 aliphatic heterocycles. The molecule has 0 radical (unpaired) electrons. The van der Waals surface area contributed by atoms with Crippen LogP contribution in [0.4, 0.5) is 15.8 Å². The molecular weight excluding hydrogens is 249 g/mol. The van der Waals surface area contributed by atoms with Crippen molar-refractivity contribution in [3.63, 3.8) is 0 Å². The monoisotopic (exact) mass is 267 g/mol. The minimum atomic E-state index is -0.787. The molecule has 0 amide bonds. The van der Waals surface area contributed by atoms with Crippen LogP contribution in [0.1, 0.15) is 19.8 Å². The number of nitro groups is 1. The highest BCUT2D eigenvalue weighted by molar-refractivity contribution is 5.64. The van der Waals surface area contributed by atoms with E-state index in [4.69, 9.17) is 5.73 Å². The molecule has 1 fully saturated rings. The number of hydrogen-bond acceptors (Lipinski definition) is 4. The molecule has 19 heavy (non-hydrogen) atoms. The van der Waals surface area contributed by atoms with Gasteiger partial charge in [0.1, 0.15) is 5.69 Å². The molecule has 1 aromatic carbocycles. The molecular formula is C13H18FN3O2. The lowest BCUT2D eigenvalue weighted by molar-refractivity contribution is -0.386. The Morgan fingerprint density at radius 1 is 1.58 bits per heavy atom. The van der Waals surface area contributed by atoms with E-state index in [0.29, 0.717) is 18.8 Å². The Balaban J connectivity index is 2.31. The van der Waals surface area contributed by atoms with Gasteiger partial charge in [-0.1, -0.05) is 6.07 Å². The molecule has 0 aliphatic carbocycles. The first kappa shape index (κ1) is 13.7. The third-order valence-corrected chi connectivity index (χ3v) is 3.69. The summed E-state index contributed by atoms with van der Waals surface area (Å²) in [5, 5.41) is 11.0. The highest BCUT2D eigenvalue weighted by Crippen LogP contribution is 2.33. The number of nitrogens with two attached hydrogens (primary N) is 1. The molecule has 2 atom stereocenters. The molecule has 6 heteroatoms. The SMILES string of the molecule is CC(N)C1CCCN(c2cccc(F)c2[N+](=O)[O-])C1. The van der Waals surface area contributed by atoms with Gasteiger partial charge in [0, 0.05) is 19.1 Å². The van der Waals surface area contributed by atoms with Crippen LogP contribution in [0.3, 0.4) is 0 Å². The summed E-state index contributed by atoms with van der Waals surface area (Å²) in [6.07, 6.45) is 1.93. The van der Waals surface area contributed by atoms with Crippen LogP contribution < -0.4 is 10.6 Å². The van der Waals surface area contributed by atoms with E-state index in [0.717, 1.165) is 18.9 Å². The summed E-state index contributed by atoms with van der Waals surface area (Å²) in [6.45, 7) is 3.28. The van der Waals surface area contributed by atoms with Crippen LogP contribution in [0, 0.1) is 21.8 Å². The predicted molar refractivity (Wildman–Crippen MR) is 71.6 cm³/mol. The first-order valence-electron chi connectivity index (χ1n) is 6.44. The van der Waals surface area contributed by atoms with Crippen LogP contribution in [0.15, 0.2) is 18.2 Å². The molecule has 104 valence electrons. The Hall–Kier alpha value is -1.69. The average molecular weight is 267 g/mol. The number of rotatable bonds is 3. The van der Waals surface area contributed by atoms with E-state index in [1.807, 2.05) is 11.8 Å².